The summed E-state index contributed by atoms with van der Waals surface area (Å²) in [6, 6.07) is 6.57. The van der Waals surface area contributed by atoms with Gasteiger partial charge in [0, 0.05) is 12.1 Å². The van der Waals surface area contributed by atoms with E-state index in [2.05, 4.69) is 5.32 Å². The molecule has 0 unspecified atom stereocenters. The first kappa shape index (κ1) is 13.3. The van der Waals surface area contributed by atoms with Crippen LogP contribution < -0.4 is 5.32 Å². The fraction of sp³-hybridized carbons (Fsp3) is 0. The molecule has 3 nitrogen and oxygen atoms in total. The highest BCUT2D eigenvalue weighted by Gasteiger charge is 2.14. The molecule has 0 bridgehead atoms. The van der Waals surface area contributed by atoms with Gasteiger partial charge >= 0.3 is 0 Å². The van der Waals surface area contributed by atoms with Gasteiger partial charge in [0.2, 0.25) is 0 Å². The van der Waals surface area contributed by atoms with Crippen molar-refractivity contribution >= 4 is 23.2 Å². The Kier molecular flexibility index (Phi) is 3.66. The molecule has 1 amide bonds. The average Bonchev–Trinajstić information content (AvgIpc) is 2.32. The Bertz CT molecular complexity index is 647. The second kappa shape index (κ2) is 5.24. The zero-order chi connectivity index (χ0) is 14.0. The molecule has 0 heterocycles. The molecule has 2 rings (SSSR count). The van der Waals surface area contributed by atoms with Crippen LogP contribution in [0, 0.1) is 11.6 Å². The maximum Gasteiger partial charge on any atom is 0.258 e. The maximum atomic E-state index is 13.4. The van der Waals surface area contributed by atoms with Crippen molar-refractivity contribution in [3.8, 4) is 5.75 Å². The molecule has 0 atom stereocenters. The topological polar surface area (TPSA) is 49.3 Å². The van der Waals surface area contributed by atoms with Crippen LogP contribution in [0.4, 0.5) is 14.5 Å². The minimum Gasteiger partial charge on any atom is -0.508 e. The second-order valence-corrected chi connectivity index (χ2v) is 4.15. The van der Waals surface area contributed by atoms with E-state index in [0.717, 1.165) is 12.1 Å². The van der Waals surface area contributed by atoms with Gasteiger partial charge in [-0.3, -0.25) is 4.79 Å². The maximum absolute atomic E-state index is 13.4. The van der Waals surface area contributed by atoms with E-state index < -0.39 is 17.5 Å². The van der Waals surface area contributed by atoms with E-state index in [1.54, 1.807) is 0 Å². The Labute approximate surface area is 112 Å². The molecule has 0 radical (unpaired) electrons. The summed E-state index contributed by atoms with van der Waals surface area (Å²) < 4.78 is 26.1. The van der Waals surface area contributed by atoms with Crippen LogP contribution in [0.3, 0.4) is 0 Å². The number of aromatic hydroxyl groups is 1. The molecule has 2 aromatic rings. The summed E-state index contributed by atoms with van der Waals surface area (Å²) in [5.74, 6) is -2.55. The summed E-state index contributed by atoms with van der Waals surface area (Å²) in [5.41, 5.74) is -0.0845. The lowest BCUT2D eigenvalue weighted by Gasteiger charge is -2.08. The molecule has 0 fully saturated rings. The largest absolute Gasteiger partial charge is 0.508 e. The molecular formula is C13H8ClF2NO2. The Balaban J connectivity index is 2.25. The minimum absolute atomic E-state index is 0.0593. The molecule has 98 valence electrons. The third-order valence-electron chi connectivity index (χ3n) is 2.38. The molecule has 6 heteroatoms. The number of phenolic OH excluding ortho intramolecular Hbond substituents is 1. The van der Waals surface area contributed by atoms with Gasteiger partial charge in [0.25, 0.3) is 5.91 Å². The van der Waals surface area contributed by atoms with Gasteiger partial charge in [-0.25, -0.2) is 8.78 Å². The number of hydrogen-bond donors (Lipinski definition) is 2. The summed E-state index contributed by atoms with van der Waals surface area (Å²) >= 11 is 5.80. The fourth-order valence-corrected chi connectivity index (χ4v) is 1.69. The van der Waals surface area contributed by atoms with E-state index in [1.165, 1.54) is 18.2 Å². The van der Waals surface area contributed by atoms with E-state index in [4.69, 9.17) is 16.7 Å². The smallest absolute Gasteiger partial charge is 0.258 e. The van der Waals surface area contributed by atoms with Gasteiger partial charge in [-0.2, -0.15) is 0 Å². The lowest BCUT2D eigenvalue weighted by molar-refractivity contribution is 0.102. The average molecular weight is 284 g/mol. The number of nitrogens with one attached hydrogen (secondary N) is 1. The minimum atomic E-state index is -0.965. The number of anilines is 1. The highest BCUT2D eigenvalue weighted by molar-refractivity contribution is 6.34. The van der Waals surface area contributed by atoms with E-state index in [9.17, 15) is 13.6 Å². The molecule has 0 aromatic heterocycles. The van der Waals surface area contributed by atoms with Gasteiger partial charge in [-0.05, 0) is 24.3 Å². The Morgan fingerprint density at radius 2 is 1.89 bits per heavy atom. The van der Waals surface area contributed by atoms with Gasteiger partial charge in [0.15, 0.2) is 0 Å². The van der Waals surface area contributed by atoms with Gasteiger partial charge in [0.1, 0.15) is 17.4 Å². The van der Waals surface area contributed by atoms with Crippen molar-refractivity contribution in [2.24, 2.45) is 0 Å². The molecule has 0 saturated carbocycles. The standard InChI is InChI=1S/C13H8ClF2NO2/c14-10-6-8(18)2-4-12(10)17-13(19)9-3-1-7(15)5-11(9)16/h1-6,18H,(H,17,19). The number of benzene rings is 2. The SMILES string of the molecule is O=C(Nc1ccc(O)cc1Cl)c1ccc(F)cc1F. The summed E-state index contributed by atoms with van der Waals surface area (Å²) in [7, 11) is 0. The number of carbonyl (C=O) groups is 1. The van der Waals surface area contributed by atoms with Crippen LogP contribution in [0.15, 0.2) is 36.4 Å². The van der Waals surface area contributed by atoms with Crippen molar-refractivity contribution < 1.29 is 18.7 Å². The number of carbonyl (C=O) groups excluding carboxylic acids is 1. The molecule has 2 N–H and O–H groups in total. The third-order valence-corrected chi connectivity index (χ3v) is 2.69. The molecule has 19 heavy (non-hydrogen) atoms. The van der Waals surface area contributed by atoms with Crippen LogP contribution in [0.25, 0.3) is 0 Å². The predicted octanol–water partition coefficient (Wildman–Crippen LogP) is 3.58. The molecular weight excluding hydrogens is 276 g/mol. The van der Waals surface area contributed by atoms with Crippen molar-refractivity contribution in [2.45, 2.75) is 0 Å². The van der Waals surface area contributed by atoms with Crippen LogP contribution in [0.1, 0.15) is 10.4 Å². The number of hydrogen-bond acceptors (Lipinski definition) is 2. The Morgan fingerprint density at radius 3 is 2.53 bits per heavy atom. The van der Waals surface area contributed by atoms with Crippen LogP contribution in [0.2, 0.25) is 5.02 Å². The first-order chi connectivity index (χ1) is 8.97. The van der Waals surface area contributed by atoms with Crippen molar-refractivity contribution in [1.82, 2.24) is 0 Å². The monoisotopic (exact) mass is 283 g/mol. The molecule has 0 aliphatic carbocycles. The Hall–Kier alpha value is -2.14. The van der Waals surface area contributed by atoms with E-state index >= 15 is 0 Å². The number of amides is 1. The van der Waals surface area contributed by atoms with E-state index in [0.29, 0.717) is 6.07 Å². The van der Waals surface area contributed by atoms with Crippen molar-refractivity contribution in [3.05, 3.63) is 58.6 Å². The van der Waals surface area contributed by atoms with Crippen LogP contribution in [0.5, 0.6) is 5.75 Å². The van der Waals surface area contributed by atoms with Crippen molar-refractivity contribution in [2.75, 3.05) is 5.32 Å². The molecule has 2 aromatic carbocycles. The number of rotatable bonds is 2. The fourth-order valence-electron chi connectivity index (χ4n) is 1.47. The third kappa shape index (κ3) is 3.00. The predicted molar refractivity (Wildman–Crippen MR) is 67.4 cm³/mol. The van der Waals surface area contributed by atoms with Gasteiger partial charge in [-0.15, -0.1) is 0 Å². The van der Waals surface area contributed by atoms with Crippen LogP contribution >= 0.6 is 11.6 Å². The van der Waals surface area contributed by atoms with Crippen molar-refractivity contribution in [1.29, 1.82) is 0 Å². The van der Waals surface area contributed by atoms with Crippen LogP contribution in [-0.2, 0) is 0 Å². The lowest BCUT2D eigenvalue weighted by atomic mass is 10.2. The number of phenols is 1. The first-order valence-electron chi connectivity index (χ1n) is 5.22. The van der Waals surface area contributed by atoms with E-state index in [-0.39, 0.29) is 22.0 Å². The van der Waals surface area contributed by atoms with Gasteiger partial charge < -0.3 is 10.4 Å². The highest BCUT2D eigenvalue weighted by Crippen LogP contribution is 2.26. The molecule has 0 spiro atoms. The first-order valence-corrected chi connectivity index (χ1v) is 5.60. The summed E-state index contributed by atoms with van der Waals surface area (Å²) in [6.45, 7) is 0. The highest BCUT2D eigenvalue weighted by atomic mass is 35.5. The van der Waals surface area contributed by atoms with Gasteiger partial charge in [-0.1, -0.05) is 11.6 Å². The van der Waals surface area contributed by atoms with Crippen LogP contribution in [-0.4, -0.2) is 11.0 Å². The van der Waals surface area contributed by atoms with E-state index in [1.807, 2.05) is 0 Å². The summed E-state index contributed by atoms with van der Waals surface area (Å²) in [6.07, 6.45) is 0. The summed E-state index contributed by atoms with van der Waals surface area (Å²) in [5, 5.41) is 11.6. The Morgan fingerprint density at radius 1 is 1.16 bits per heavy atom. The zero-order valence-corrected chi connectivity index (χ0v) is 10.2. The van der Waals surface area contributed by atoms with Crippen molar-refractivity contribution in [3.63, 3.8) is 0 Å². The molecule has 0 aliphatic heterocycles. The zero-order valence-electron chi connectivity index (χ0n) is 9.45. The second-order valence-electron chi connectivity index (χ2n) is 3.74. The normalized spacial score (nSPS) is 10.3. The lowest BCUT2D eigenvalue weighted by Crippen LogP contribution is -2.14. The molecule has 0 saturated heterocycles. The number of halogens is 3. The quantitative estimate of drug-likeness (QED) is 0.828. The molecule has 0 aliphatic rings. The van der Waals surface area contributed by atoms with Gasteiger partial charge in [0.05, 0.1) is 16.3 Å². The summed E-state index contributed by atoms with van der Waals surface area (Å²) in [4.78, 5) is 11.8.